The topological polar surface area (TPSA) is 90.5 Å². The molecular weight excluding hydrogens is 344 g/mol. The zero-order valence-electron chi connectivity index (χ0n) is 13.6. The second kappa shape index (κ2) is 6.62. The number of tetrazole rings is 1. The molecule has 8 nitrogen and oxygen atoms in total. The van der Waals surface area contributed by atoms with Gasteiger partial charge in [-0.2, -0.15) is 5.10 Å². The zero-order valence-corrected chi connectivity index (χ0v) is 13.6. The summed E-state index contributed by atoms with van der Waals surface area (Å²) in [5.41, 5.74) is 1.39. The van der Waals surface area contributed by atoms with Crippen LogP contribution in [0, 0.1) is 0 Å². The van der Waals surface area contributed by atoms with Crippen molar-refractivity contribution < 1.29 is 13.6 Å². The Bertz CT molecular complexity index is 932. The minimum atomic E-state index is -2.53. The van der Waals surface area contributed by atoms with E-state index in [1.165, 1.54) is 12.3 Å². The average molecular weight is 359 g/mol. The molecule has 2 heterocycles. The predicted molar refractivity (Wildman–Crippen MR) is 87.7 cm³/mol. The first-order chi connectivity index (χ1) is 12.6. The molecule has 10 heteroatoms. The van der Waals surface area contributed by atoms with E-state index in [2.05, 4.69) is 25.9 Å². The molecule has 3 aromatic rings. The molecule has 0 bridgehead atoms. The Morgan fingerprint density at radius 1 is 1.31 bits per heavy atom. The standard InChI is InChI=1S/C16H15F2N7O/c17-14(18)9-24-7-6-13(21-24)16(26)19-11-3-1-2-10(8-11)15-20-22-23-25(15)12-4-5-12/h1-3,6-8,12,14H,4-5,9H2,(H,19,26). The van der Waals surface area contributed by atoms with E-state index in [0.717, 1.165) is 23.1 Å². The first kappa shape index (κ1) is 16.3. The van der Waals surface area contributed by atoms with E-state index >= 15 is 0 Å². The number of carbonyl (C=O) groups excluding carboxylic acids is 1. The number of benzene rings is 1. The molecule has 2 aromatic heterocycles. The minimum absolute atomic E-state index is 0.0684. The van der Waals surface area contributed by atoms with Crippen LogP contribution in [0.5, 0.6) is 0 Å². The molecule has 0 aliphatic heterocycles. The molecule has 0 saturated heterocycles. The van der Waals surface area contributed by atoms with Crippen LogP contribution in [0.1, 0.15) is 29.4 Å². The molecule has 1 aliphatic carbocycles. The van der Waals surface area contributed by atoms with Crippen LogP contribution < -0.4 is 5.32 Å². The lowest BCUT2D eigenvalue weighted by Crippen LogP contribution is -2.14. The quantitative estimate of drug-likeness (QED) is 0.730. The molecule has 1 saturated carbocycles. The lowest BCUT2D eigenvalue weighted by molar-refractivity contribution is 0.101. The van der Waals surface area contributed by atoms with Crippen LogP contribution in [0.3, 0.4) is 0 Å². The van der Waals surface area contributed by atoms with Crippen molar-refractivity contribution in [1.29, 1.82) is 0 Å². The summed E-state index contributed by atoms with van der Waals surface area (Å²) < 4.78 is 27.6. The van der Waals surface area contributed by atoms with Crippen molar-refractivity contribution >= 4 is 11.6 Å². The van der Waals surface area contributed by atoms with Gasteiger partial charge >= 0.3 is 0 Å². The Balaban J connectivity index is 1.51. The smallest absolute Gasteiger partial charge is 0.276 e. The molecule has 1 aliphatic rings. The Kier molecular flexibility index (Phi) is 4.15. The van der Waals surface area contributed by atoms with Crippen LogP contribution in [0.2, 0.25) is 0 Å². The van der Waals surface area contributed by atoms with Gasteiger partial charge in [-0.15, -0.1) is 5.10 Å². The van der Waals surface area contributed by atoms with Crippen molar-refractivity contribution in [3.8, 4) is 11.4 Å². The van der Waals surface area contributed by atoms with E-state index in [4.69, 9.17) is 0 Å². The van der Waals surface area contributed by atoms with E-state index in [1.807, 2.05) is 6.07 Å². The van der Waals surface area contributed by atoms with Crippen molar-refractivity contribution in [3.05, 3.63) is 42.2 Å². The lowest BCUT2D eigenvalue weighted by Gasteiger charge is -2.07. The molecule has 4 rings (SSSR count). The lowest BCUT2D eigenvalue weighted by atomic mass is 10.2. The molecule has 1 aromatic carbocycles. The Labute approximate surface area is 146 Å². The van der Waals surface area contributed by atoms with Gasteiger partial charge in [0, 0.05) is 17.4 Å². The molecule has 0 radical (unpaired) electrons. The summed E-state index contributed by atoms with van der Waals surface area (Å²) in [5.74, 6) is 0.168. The average Bonchev–Trinajstić information content (AvgIpc) is 3.15. The van der Waals surface area contributed by atoms with Gasteiger partial charge in [-0.05, 0) is 41.5 Å². The third-order valence-electron chi connectivity index (χ3n) is 3.96. The van der Waals surface area contributed by atoms with Gasteiger partial charge in [0.25, 0.3) is 12.3 Å². The monoisotopic (exact) mass is 359 g/mol. The van der Waals surface area contributed by atoms with Gasteiger partial charge in [-0.1, -0.05) is 12.1 Å². The minimum Gasteiger partial charge on any atom is -0.321 e. The van der Waals surface area contributed by atoms with E-state index in [1.54, 1.807) is 22.9 Å². The van der Waals surface area contributed by atoms with Crippen LogP contribution in [0.15, 0.2) is 36.5 Å². The van der Waals surface area contributed by atoms with Gasteiger partial charge in [-0.25, -0.2) is 13.5 Å². The second-order valence-corrected chi connectivity index (χ2v) is 6.03. The van der Waals surface area contributed by atoms with Crippen LogP contribution in [-0.2, 0) is 6.54 Å². The number of aromatic nitrogens is 6. The maximum absolute atomic E-state index is 12.4. The molecule has 1 fully saturated rings. The largest absolute Gasteiger partial charge is 0.321 e. The van der Waals surface area contributed by atoms with Gasteiger partial charge < -0.3 is 5.32 Å². The third-order valence-corrected chi connectivity index (χ3v) is 3.96. The van der Waals surface area contributed by atoms with Gasteiger partial charge in [-0.3, -0.25) is 9.48 Å². The number of anilines is 1. The first-order valence-corrected chi connectivity index (χ1v) is 8.11. The fraction of sp³-hybridized carbons (Fsp3) is 0.312. The van der Waals surface area contributed by atoms with E-state index in [0.29, 0.717) is 17.6 Å². The van der Waals surface area contributed by atoms with Crippen molar-refractivity contribution in [3.63, 3.8) is 0 Å². The van der Waals surface area contributed by atoms with Crippen molar-refractivity contribution in [2.45, 2.75) is 31.9 Å². The number of alkyl halides is 2. The van der Waals surface area contributed by atoms with Crippen LogP contribution in [0.4, 0.5) is 14.5 Å². The molecule has 0 spiro atoms. The van der Waals surface area contributed by atoms with Gasteiger partial charge in [0.15, 0.2) is 11.5 Å². The summed E-state index contributed by atoms with van der Waals surface area (Å²) in [6.07, 6.45) is 0.923. The summed E-state index contributed by atoms with van der Waals surface area (Å²) in [6, 6.07) is 8.86. The zero-order chi connectivity index (χ0) is 18.1. The number of hydrogen-bond donors (Lipinski definition) is 1. The van der Waals surface area contributed by atoms with E-state index in [9.17, 15) is 13.6 Å². The number of nitrogens with one attached hydrogen (secondary N) is 1. The Morgan fingerprint density at radius 2 is 2.15 bits per heavy atom. The third kappa shape index (κ3) is 3.44. The fourth-order valence-corrected chi connectivity index (χ4v) is 2.61. The summed E-state index contributed by atoms with van der Waals surface area (Å²) in [4.78, 5) is 12.3. The first-order valence-electron chi connectivity index (χ1n) is 8.11. The van der Waals surface area contributed by atoms with Crippen LogP contribution in [-0.4, -0.2) is 42.3 Å². The Morgan fingerprint density at radius 3 is 2.92 bits per heavy atom. The molecule has 0 atom stereocenters. The maximum Gasteiger partial charge on any atom is 0.276 e. The second-order valence-electron chi connectivity index (χ2n) is 6.03. The van der Waals surface area contributed by atoms with E-state index in [-0.39, 0.29) is 5.69 Å². The van der Waals surface area contributed by atoms with Crippen molar-refractivity contribution in [2.75, 3.05) is 5.32 Å². The predicted octanol–water partition coefficient (Wildman–Crippen LogP) is 2.39. The molecule has 1 N–H and O–H groups in total. The normalized spacial score (nSPS) is 14.0. The molecule has 0 unspecified atom stereocenters. The summed E-state index contributed by atoms with van der Waals surface area (Å²) in [5, 5.41) is 18.4. The molecule has 1 amide bonds. The molecule has 134 valence electrons. The van der Waals surface area contributed by atoms with Gasteiger partial charge in [0.2, 0.25) is 0 Å². The van der Waals surface area contributed by atoms with Crippen molar-refractivity contribution in [1.82, 2.24) is 30.0 Å². The van der Waals surface area contributed by atoms with E-state index < -0.39 is 18.9 Å². The highest BCUT2D eigenvalue weighted by molar-refractivity contribution is 6.03. The number of carbonyl (C=O) groups is 1. The molecule has 26 heavy (non-hydrogen) atoms. The highest BCUT2D eigenvalue weighted by atomic mass is 19.3. The Hall–Kier alpha value is -3.17. The van der Waals surface area contributed by atoms with Gasteiger partial charge in [0.05, 0.1) is 6.04 Å². The summed E-state index contributed by atoms with van der Waals surface area (Å²) in [7, 11) is 0. The summed E-state index contributed by atoms with van der Waals surface area (Å²) in [6.45, 7) is -0.549. The number of hydrogen-bond acceptors (Lipinski definition) is 5. The summed E-state index contributed by atoms with van der Waals surface area (Å²) >= 11 is 0. The maximum atomic E-state index is 12.4. The number of halogens is 2. The highest BCUT2D eigenvalue weighted by Gasteiger charge is 2.28. The highest BCUT2D eigenvalue weighted by Crippen LogP contribution is 2.36. The van der Waals surface area contributed by atoms with Gasteiger partial charge in [0.1, 0.15) is 6.54 Å². The fourth-order valence-electron chi connectivity index (χ4n) is 2.61. The van der Waals surface area contributed by atoms with Crippen LogP contribution in [0.25, 0.3) is 11.4 Å². The SMILES string of the molecule is O=C(Nc1cccc(-c2nnnn2C2CC2)c1)c1ccn(CC(F)F)n1. The van der Waals surface area contributed by atoms with Crippen molar-refractivity contribution in [2.24, 2.45) is 0 Å². The number of amides is 1. The van der Waals surface area contributed by atoms with Crippen LogP contribution >= 0.6 is 0 Å². The number of nitrogens with zero attached hydrogens (tertiary/aromatic N) is 6. The molecular formula is C16H15F2N7O. The number of rotatable bonds is 6.